The Hall–Kier alpha value is -0.130. The first-order valence-corrected chi connectivity index (χ1v) is 3.94. The lowest BCUT2D eigenvalue weighted by Gasteiger charge is -2.08. The van der Waals surface area contributed by atoms with E-state index in [4.69, 9.17) is 5.73 Å². The maximum atomic E-state index is 10.4. The Kier molecular flexibility index (Phi) is 2.39. The zero-order chi connectivity index (χ0) is 6.78. The van der Waals surface area contributed by atoms with Gasteiger partial charge in [-0.25, -0.2) is 8.42 Å². The smallest absolute Gasteiger partial charge is 0.212 e. The van der Waals surface area contributed by atoms with Crippen molar-refractivity contribution in [2.45, 2.75) is 0 Å². The van der Waals surface area contributed by atoms with Gasteiger partial charge in [0.1, 0.15) is 0 Å². The fraction of sp³-hybridized carbons (Fsp3) is 1.00. The summed E-state index contributed by atoms with van der Waals surface area (Å²) in [5, 5.41) is 0. The van der Waals surface area contributed by atoms with Crippen LogP contribution < -0.4 is 5.73 Å². The molecular formula is C3H10N2O2S. The van der Waals surface area contributed by atoms with E-state index >= 15 is 0 Å². The van der Waals surface area contributed by atoms with Gasteiger partial charge in [-0.2, -0.15) is 4.31 Å². The molecule has 0 fully saturated rings. The Labute approximate surface area is 49.3 Å². The molecule has 5 heteroatoms. The molecule has 0 rings (SSSR count). The van der Waals surface area contributed by atoms with Gasteiger partial charge in [-0.1, -0.05) is 0 Å². The van der Waals surface area contributed by atoms with Crippen molar-refractivity contribution in [3.63, 3.8) is 0 Å². The minimum atomic E-state index is -3.04. The largest absolute Gasteiger partial charge is 0.317 e. The van der Waals surface area contributed by atoms with E-state index in [9.17, 15) is 8.42 Å². The molecule has 0 saturated carbocycles. The highest BCUT2D eigenvalue weighted by molar-refractivity contribution is 7.88. The van der Waals surface area contributed by atoms with Gasteiger partial charge in [0.25, 0.3) is 0 Å². The van der Waals surface area contributed by atoms with Crippen LogP contribution in [0.2, 0.25) is 0 Å². The van der Waals surface area contributed by atoms with E-state index in [1.807, 2.05) is 0 Å². The van der Waals surface area contributed by atoms with Crippen LogP contribution in [-0.4, -0.2) is 32.7 Å². The average Bonchev–Trinajstić information content (AvgIpc) is 1.62. The molecule has 0 aliphatic carbocycles. The van der Waals surface area contributed by atoms with E-state index < -0.39 is 10.0 Å². The van der Waals surface area contributed by atoms with Crippen molar-refractivity contribution in [3.05, 3.63) is 0 Å². The van der Waals surface area contributed by atoms with Crippen molar-refractivity contribution in [1.29, 1.82) is 0 Å². The van der Waals surface area contributed by atoms with E-state index in [0.717, 1.165) is 10.6 Å². The molecule has 0 aliphatic rings. The zero-order valence-corrected chi connectivity index (χ0v) is 5.77. The van der Waals surface area contributed by atoms with E-state index in [2.05, 4.69) is 0 Å². The SMILES string of the molecule is CN(CN)S(C)(=O)=O. The van der Waals surface area contributed by atoms with Gasteiger partial charge in [-0.05, 0) is 0 Å². The lowest BCUT2D eigenvalue weighted by molar-refractivity contribution is 0.485. The van der Waals surface area contributed by atoms with Crippen molar-refractivity contribution < 1.29 is 8.42 Å². The van der Waals surface area contributed by atoms with Crippen LogP contribution in [0.3, 0.4) is 0 Å². The number of hydrogen-bond acceptors (Lipinski definition) is 3. The molecule has 0 radical (unpaired) electrons. The summed E-state index contributed by atoms with van der Waals surface area (Å²) < 4.78 is 21.9. The second-order valence-electron chi connectivity index (χ2n) is 1.54. The number of nitrogens with zero attached hydrogens (tertiary/aromatic N) is 1. The predicted octanol–water partition coefficient (Wildman–Crippen LogP) is -1.21. The van der Waals surface area contributed by atoms with Crippen LogP contribution in [-0.2, 0) is 10.0 Å². The first-order valence-electron chi connectivity index (χ1n) is 2.10. The second kappa shape index (κ2) is 2.43. The Morgan fingerprint density at radius 3 is 2.00 bits per heavy atom. The summed E-state index contributed by atoms with van der Waals surface area (Å²) in [7, 11) is -1.62. The summed E-state index contributed by atoms with van der Waals surface area (Å²) in [4.78, 5) is 0. The lowest BCUT2D eigenvalue weighted by Crippen LogP contribution is -2.30. The highest BCUT2D eigenvalue weighted by atomic mass is 32.2. The molecule has 0 spiro atoms. The fourth-order valence-corrected chi connectivity index (χ4v) is 0.406. The molecule has 0 aromatic rings. The maximum absolute atomic E-state index is 10.4. The molecule has 0 amide bonds. The zero-order valence-electron chi connectivity index (χ0n) is 4.96. The minimum Gasteiger partial charge on any atom is -0.317 e. The third kappa shape index (κ3) is 2.25. The molecule has 0 aromatic heterocycles. The normalized spacial score (nSPS) is 12.5. The molecule has 0 aliphatic heterocycles. The highest BCUT2D eigenvalue weighted by Gasteiger charge is 2.05. The number of rotatable bonds is 2. The number of nitrogens with two attached hydrogens (primary N) is 1. The Morgan fingerprint density at radius 2 is 2.00 bits per heavy atom. The van der Waals surface area contributed by atoms with Gasteiger partial charge in [0.2, 0.25) is 10.0 Å². The van der Waals surface area contributed by atoms with Gasteiger partial charge in [0.15, 0.2) is 0 Å². The standard InChI is InChI=1S/C3H10N2O2S/c1-5(3-4)8(2,6)7/h3-4H2,1-2H3. The van der Waals surface area contributed by atoms with Gasteiger partial charge in [0.05, 0.1) is 12.9 Å². The first-order chi connectivity index (χ1) is 3.48. The number of hydrogen-bond donors (Lipinski definition) is 1. The Balaban J connectivity index is 4.04. The van der Waals surface area contributed by atoms with Crippen LogP contribution in [0, 0.1) is 0 Å². The molecule has 0 saturated heterocycles. The van der Waals surface area contributed by atoms with Crippen molar-refractivity contribution in [2.24, 2.45) is 5.73 Å². The molecule has 4 nitrogen and oxygen atoms in total. The highest BCUT2D eigenvalue weighted by Crippen LogP contribution is 1.86. The molecule has 0 atom stereocenters. The van der Waals surface area contributed by atoms with Crippen molar-refractivity contribution >= 4 is 10.0 Å². The maximum Gasteiger partial charge on any atom is 0.212 e. The van der Waals surface area contributed by atoms with Crippen LogP contribution in [0.1, 0.15) is 0 Å². The second-order valence-corrected chi connectivity index (χ2v) is 3.63. The van der Waals surface area contributed by atoms with Gasteiger partial charge < -0.3 is 5.73 Å². The third-order valence-electron chi connectivity index (χ3n) is 0.823. The van der Waals surface area contributed by atoms with Crippen molar-refractivity contribution in [1.82, 2.24) is 4.31 Å². The summed E-state index contributed by atoms with van der Waals surface area (Å²) in [6.45, 7) is 0.0405. The fourth-order valence-electron chi connectivity index (χ4n) is 0.135. The summed E-state index contributed by atoms with van der Waals surface area (Å²) >= 11 is 0. The molecule has 0 unspecified atom stereocenters. The summed E-state index contributed by atoms with van der Waals surface area (Å²) in [5.74, 6) is 0. The van der Waals surface area contributed by atoms with Crippen LogP contribution in [0.5, 0.6) is 0 Å². The first kappa shape index (κ1) is 7.87. The molecule has 2 N–H and O–H groups in total. The summed E-state index contributed by atoms with van der Waals surface area (Å²) in [6.07, 6.45) is 1.11. The average molecular weight is 138 g/mol. The molecule has 0 heterocycles. The quantitative estimate of drug-likeness (QED) is 0.487. The Morgan fingerprint density at radius 1 is 1.62 bits per heavy atom. The Bertz CT molecular complexity index is 151. The topological polar surface area (TPSA) is 63.4 Å². The molecule has 50 valence electrons. The molecule has 8 heavy (non-hydrogen) atoms. The van der Waals surface area contributed by atoms with Crippen molar-refractivity contribution in [2.75, 3.05) is 20.0 Å². The van der Waals surface area contributed by atoms with E-state index in [1.165, 1.54) is 7.05 Å². The van der Waals surface area contributed by atoms with Gasteiger partial charge in [0, 0.05) is 7.05 Å². The minimum absolute atomic E-state index is 0.0405. The van der Waals surface area contributed by atoms with Crippen LogP contribution in [0.15, 0.2) is 0 Å². The van der Waals surface area contributed by atoms with E-state index in [-0.39, 0.29) is 6.67 Å². The van der Waals surface area contributed by atoms with E-state index in [1.54, 1.807) is 0 Å². The summed E-state index contributed by atoms with van der Waals surface area (Å²) in [6, 6.07) is 0. The van der Waals surface area contributed by atoms with E-state index in [0.29, 0.717) is 0 Å². The molecule has 0 bridgehead atoms. The van der Waals surface area contributed by atoms with Crippen LogP contribution >= 0.6 is 0 Å². The third-order valence-corrected chi connectivity index (χ3v) is 2.10. The number of sulfonamides is 1. The van der Waals surface area contributed by atoms with Crippen LogP contribution in [0.25, 0.3) is 0 Å². The monoisotopic (exact) mass is 138 g/mol. The molecular weight excluding hydrogens is 128 g/mol. The van der Waals surface area contributed by atoms with Gasteiger partial charge in [-0.3, -0.25) is 0 Å². The van der Waals surface area contributed by atoms with Gasteiger partial charge in [-0.15, -0.1) is 0 Å². The summed E-state index contributed by atoms with van der Waals surface area (Å²) in [5.41, 5.74) is 5.00. The predicted molar refractivity (Wildman–Crippen MR) is 31.7 cm³/mol. The van der Waals surface area contributed by atoms with Crippen LogP contribution in [0.4, 0.5) is 0 Å². The lowest BCUT2D eigenvalue weighted by atomic mass is 11.1. The molecule has 0 aromatic carbocycles. The van der Waals surface area contributed by atoms with Gasteiger partial charge >= 0.3 is 0 Å². The van der Waals surface area contributed by atoms with Crippen molar-refractivity contribution in [3.8, 4) is 0 Å².